The highest BCUT2D eigenvalue weighted by molar-refractivity contribution is 5.94. The number of carbonyl (C=O) groups excluding carboxylic acids is 2. The standard InChI is InChI=1S/C28H21N5O3/c34-27(19-36-28(35)16-15-21-18-29-23-13-7-8-14-24(23)30-21)31-26-17-25(20-9-3-1-4-10-20)32-33(26)22-11-5-2-6-12-22/h1-18H,19H2,(H,31,34)/b16-15+. The Morgan fingerprint density at radius 1 is 0.889 bits per heavy atom. The van der Waals surface area contributed by atoms with Gasteiger partial charge in [0, 0.05) is 17.7 Å². The van der Waals surface area contributed by atoms with Gasteiger partial charge < -0.3 is 10.1 Å². The molecule has 0 aliphatic rings. The van der Waals surface area contributed by atoms with Crippen LogP contribution in [-0.4, -0.2) is 38.2 Å². The Hall–Kier alpha value is -5.11. The maximum Gasteiger partial charge on any atom is 0.331 e. The van der Waals surface area contributed by atoms with Gasteiger partial charge in [-0.1, -0.05) is 60.7 Å². The molecule has 5 rings (SSSR count). The van der Waals surface area contributed by atoms with E-state index < -0.39 is 18.5 Å². The lowest BCUT2D eigenvalue weighted by molar-refractivity contribution is -0.142. The number of ether oxygens (including phenoxy) is 1. The van der Waals surface area contributed by atoms with Crippen molar-refractivity contribution in [3.8, 4) is 16.9 Å². The Labute approximate surface area is 206 Å². The van der Waals surface area contributed by atoms with E-state index in [2.05, 4.69) is 20.4 Å². The van der Waals surface area contributed by atoms with Gasteiger partial charge in [0.1, 0.15) is 5.82 Å². The van der Waals surface area contributed by atoms with Gasteiger partial charge in [-0.2, -0.15) is 5.10 Å². The molecule has 5 aromatic rings. The van der Waals surface area contributed by atoms with E-state index in [1.807, 2.05) is 84.9 Å². The fourth-order valence-corrected chi connectivity index (χ4v) is 3.56. The zero-order valence-electron chi connectivity index (χ0n) is 19.1. The van der Waals surface area contributed by atoms with E-state index in [0.717, 1.165) is 22.3 Å². The van der Waals surface area contributed by atoms with Crippen molar-refractivity contribution in [3.05, 3.63) is 109 Å². The molecular weight excluding hydrogens is 454 g/mol. The predicted molar refractivity (Wildman–Crippen MR) is 137 cm³/mol. The molecule has 2 aromatic heterocycles. The van der Waals surface area contributed by atoms with Gasteiger partial charge in [0.25, 0.3) is 5.91 Å². The Morgan fingerprint density at radius 2 is 1.58 bits per heavy atom. The van der Waals surface area contributed by atoms with E-state index in [-0.39, 0.29) is 0 Å². The van der Waals surface area contributed by atoms with Crippen molar-refractivity contribution in [2.24, 2.45) is 0 Å². The Morgan fingerprint density at radius 3 is 2.36 bits per heavy atom. The van der Waals surface area contributed by atoms with Gasteiger partial charge in [-0.3, -0.25) is 9.78 Å². The summed E-state index contributed by atoms with van der Waals surface area (Å²) >= 11 is 0. The average Bonchev–Trinajstić information content (AvgIpc) is 3.35. The largest absolute Gasteiger partial charge is 0.452 e. The van der Waals surface area contributed by atoms with E-state index in [4.69, 9.17) is 4.74 Å². The van der Waals surface area contributed by atoms with Crippen LogP contribution in [0.25, 0.3) is 34.1 Å². The van der Waals surface area contributed by atoms with E-state index in [9.17, 15) is 9.59 Å². The van der Waals surface area contributed by atoms with Gasteiger partial charge in [0.2, 0.25) is 0 Å². The first-order valence-corrected chi connectivity index (χ1v) is 11.2. The van der Waals surface area contributed by atoms with Crippen LogP contribution in [0.4, 0.5) is 5.82 Å². The molecule has 0 spiro atoms. The highest BCUT2D eigenvalue weighted by atomic mass is 16.5. The first kappa shape index (κ1) is 22.7. The van der Waals surface area contributed by atoms with Gasteiger partial charge >= 0.3 is 5.97 Å². The third kappa shape index (κ3) is 5.34. The molecule has 176 valence electrons. The molecule has 0 aliphatic carbocycles. The molecule has 1 N–H and O–H groups in total. The quantitative estimate of drug-likeness (QED) is 0.271. The number of anilines is 1. The summed E-state index contributed by atoms with van der Waals surface area (Å²) in [6.45, 7) is -0.451. The molecule has 0 atom stereocenters. The second-order valence-corrected chi connectivity index (χ2v) is 7.80. The number of hydrogen-bond donors (Lipinski definition) is 1. The number of nitrogens with zero attached hydrogens (tertiary/aromatic N) is 4. The minimum Gasteiger partial charge on any atom is -0.452 e. The zero-order chi connectivity index (χ0) is 24.7. The summed E-state index contributed by atoms with van der Waals surface area (Å²) in [6.07, 6.45) is 4.28. The van der Waals surface area contributed by atoms with Crippen LogP contribution in [0.2, 0.25) is 0 Å². The van der Waals surface area contributed by atoms with Crippen molar-refractivity contribution >= 4 is 34.8 Å². The summed E-state index contributed by atoms with van der Waals surface area (Å²) in [6, 6.07) is 28.3. The topological polar surface area (TPSA) is 99.0 Å². The third-order valence-corrected chi connectivity index (χ3v) is 5.25. The number of aromatic nitrogens is 4. The molecule has 1 amide bonds. The first-order chi connectivity index (χ1) is 17.7. The molecular formula is C28H21N5O3. The minimum atomic E-state index is -0.665. The summed E-state index contributed by atoms with van der Waals surface area (Å²) in [4.78, 5) is 33.5. The fourth-order valence-electron chi connectivity index (χ4n) is 3.56. The van der Waals surface area contributed by atoms with E-state index >= 15 is 0 Å². The molecule has 0 radical (unpaired) electrons. The maximum absolute atomic E-state index is 12.6. The van der Waals surface area contributed by atoms with Gasteiger partial charge in [-0.15, -0.1) is 0 Å². The van der Waals surface area contributed by atoms with E-state index in [1.54, 1.807) is 16.9 Å². The summed E-state index contributed by atoms with van der Waals surface area (Å²) in [5.41, 5.74) is 4.39. The Balaban J connectivity index is 1.25. The monoisotopic (exact) mass is 475 g/mol. The number of nitrogens with one attached hydrogen (secondary N) is 1. The summed E-state index contributed by atoms with van der Waals surface area (Å²) < 4.78 is 6.75. The number of para-hydroxylation sites is 3. The van der Waals surface area contributed by atoms with Gasteiger partial charge in [0.05, 0.1) is 34.3 Å². The molecule has 0 unspecified atom stereocenters. The number of rotatable bonds is 7. The number of amides is 1. The lowest BCUT2D eigenvalue weighted by atomic mass is 10.2. The number of fused-ring (bicyclic) bond motifs is 1. The van der Waals surface area contributed by atoms with Crippen LogP contribution in [0.1, 0.15) is 5.69 Å². The number of esters is 1. The summed E-state index contributed by atoms with van der Waals surface area (Å²) in [5.74, 6) is -0.691. The van der Waals surface area contributed by atoms with E-state index in [0.29, 0.717) is 17.2 Å². The highest BCUT2D eigenvalue weighted by Crippen LogP contribution is 2.24. The molecule has 0 bridgehead atoms. The lowest BCUT2D eigenvalue weighted by Gasteiger charge is -2.08. The third-order valence-electron chi connectivity index (χ3n) is 5.25. The normalized spacial score (nSPS) is 11.0. The predicted octanol–water partition coefficient (Wildman–Crippen LogP) is 4.68. The van der Waals surface area contributed by atoms with Crippen LogP contribution in [-0.2, 0) is 14.3 Å². The SMILES string of the molecule is O=C(COC(=O)/C=C/c1cnc2ccccc2n1)Nc1cc(-c2ccccc2)nn1-c1ccccc1. The van der Waals surface area contributed by atoms with Gasteiger partial charge in [-0.25, -0.2) is 14.5 Å². The molecule has 0 fully saturated rings. The molecule has 3 aromatic carbocycles. The highest BCUT2D eigenvalue weighted by Gasteiger charge is 2.14. The number of benzene rings is 3. The molecule has 8 heteroatoms. The van der Waals surface area contributed by atoms with Crippen molar-refractivity contribution in [1.82, 2.24) is 19.7 Å². The van der Waals surface area contributed by atoms with Crippen LogP contribution < -0.4 is 5.32 Å². The van der Waals surface area contributed by atoms with Gasteiger partial charge in [0.15, 0.2) is 6.61 Å². The second-order valence-electron chi connectivity index (χ2n) is 7.80. The minimum absolute atomic E-state index is 0.451. The summed E-state index contributed by atoms with van der Waals surface area (Å²) in [7, 11) is 0. The summed E-state index contributed by atoms with van der Waals surface area (Å²) in [5, 5.41) is 7.44. The van der Waals surface area contributed by atoms with Crippen LogP contribution >= 0.6 is 0 Å². The zero-order valence-corrected chi connectivity index (χ0v) is 19.1. The average molecular weight is 476 g/mol. The first-order valence-electron chi connectivity index (χ1n) is 11.2. The number of carbonyl (C=O) groups is 2. The fraction of sp³-hybridized carbons (Fsp3) is 0.0357. The van der Waals surface area contributed by atoms with Crippen molar-refractivity contribution in [2.45, 2.75) is 0 Å². The van der Waals surface area contributed by atoms with Crippen LogP contribution in [0.5, 0.6) is 0 Å². The van der Waals surface area contributed by atoms with E-state index in [1.165, 1.54) is 12.2 Å². The number of hydrogen-bond acceptors (Lipinski definition) is 6. The van der Waals surface area contributed by atoms with Crippen molar-refractivity contribution in [2.75, 3.05) is 11.9 Å². The molecule has 2 heterocycles. The molecule has 0 saturated carbocycles. The van der Waals surface area contributed by atoms with Crippen molar-refractivity contribution < 1.29 is 14.3 Å². The molecule has 0 aliphatic heterocycles. The van der Waals surface area contributed by atoms with Crippen LogP contribution in [0.15, 0.2) is 103 Å². The van der Waals surface area contributed by atoms with Crippen molar-refractivity contribution in [1.29, 1.82) is 0 Å². The van der Waals surface area contributed by atoms with Crippen LogP contribution in [0.3, 0.4) is 0 Å². The molecule has 0 saturated heterocycles. The van der Waals surface area contributed by atoms with Crippen LogP contribution in [0, 0.1) is 0 Å². The maximum atomic E-state index is 12.6. The van der Waals surface area contributed by atoms with Crippen molar-refractivity contribution in [3.63, 3.8) is 0 Å². The Kier molecular flexibility index (Phi) is 6.57. The second kappa shape index (κ2) is 10.4. The lowest BCUT2D eigenvalue weighted by Crippen LogP contribution is -2.21. The van der Waals surface area contributed by atoms with Gasteiger partial charge in [-0.05, 0) is 30.3 Å². The molecule has 36 heavy (non-hydrogen) atoms. The molecule has 8 nitrogen and oxygen atoms in total. The smallest absolute Gasteiger partial charge is 0.331 e. The Bertz CT molecular complexity index is 1550.